The molecule has 2 aromatic carbocycles. The molecule has 31 heavy (non-hydrogen) atoms. The normalized spacial score (nSPS) is 15.0. The van der Waals surface area contributed by atoms with E-state index in [0.29, 0.717) is 17.9 Å². The number of rotatable bonds is 2. The minimum atomic E-state index is 0.143. The molecule has 0 spiro atoms. The van der Waals surface area contributed by atoms with Crippen molar-refractivity contribution in [1.82, 2.24) is 24.7 Å². The first-order valence-corrected chi connectivity index (χ1v) is 9.97. The van der Waals surface area contributed by atoms with Crippen LogP contribution < -0.4 is 10.6 Å². The summed E-state index contributed by atoms with van der Waals surface area (Å²) in [5.74, 6) is 2.29. The quantitative estimate of drug-likeness (QED) is 0.538. The minimum Gasteiger partial charge on any atom is -0.382 e. The zero-order valence-corrected chi connectivity index (χ0v) is 17.2. The van der Waals surface area contributed by atoms with Crippen LogP contribution in [0.1, 0.15) is 30.1 Å². The van der Waals surface area contributed by atoms with Crippen LogP contribution in [0.25, 0.3) is 16.9 Å². The van der Waals surface area contributed by atoms with Gasteiger partial charge in [0.1, 0.15) is 17.5 Å². The Hall–Kier alpha value is -4.25. The summed E-state index contributed by atoms with van der Waals surface area (Å²) in [6, 6.07) is 16.0. The summed E-state index contributed by atoms with van der Waals surface area (Å²) in [7, 11) is 0. The standard InChI is InChI=1S/C23H20N8/c1-14-13-30(18-6-3-16(10-24)4-7-18)21-9-17(19-11-27-22(25)12-26-19)5-8-20(21)31-15(2)28-29-23(14)31/h3-9,11-12,14H,13H2,1-2H3,(H2,25,27)/t14-/m1/s1. The number of nitriles is 1. The van der Waals surface area contributed by atoms with E-state index in [1.807, 2.05) is 37.3 Å². The number of nitrogens with two attached hydrogens (primary N) is 1. The molecular formula is C23H20N8. The third-order valence-electron chi connectivity index (χ3n) is 5.53. The highest BCUT2D eigenvalue weighted by Gasteiger charge is 2.28. The van der Waals surface area contributed by atoms with E-state index in [1.54, 1.807) is 12.4 Å². The first-order chi connectivity index (χ1) is 15.0. The van der Waals surface area contributed by atoms with Gasteiger partial charge >= 0.3 is 0 Å². The largest absolute Gasteiger partial charge is 0.382 e. The molecule has 1 aliphatic rings. The molecule has 2 aromatic heterocycles. The van der Waals surface area contributed by atoms with E-state index in [4.69, 9.17) is 5.73 Å². The van der Waals surface area contributed by atoms with Crippen molar-refractivity contribution in [3.05, 3.63) is 72.1 Å². The van der Waals surface area contributed by atoms with Gasteiger partial charge in [-0.15, -0.1) is 10.2 Å². The van der Waals surface area contributed by atoms with Gasteiger partial charge in [0.05, 0.1) is 41.1 Å². The summed E-state index contributed by atoms with van der Waals surface area (Å²) >= 11 is 0. The first-order valence-electron chi connectivity index (χ1n) is 9.97. The molecular weight excluding hydrogens is 388 g/mol. The van der Waals surface area contributed by atoms with Gasteiger partial charge < -0.3 is 10.6 Å². The fraction of sp³-hybridized carbons (Fsp3) is 0.174. The van der Waals surface area contributed by atoms with Crippen LogP contribution in [0.4, 0.5) is 17.2 Å². The summed E-state index contributed by atoms with van der Waals surface area (Å²) in [5.41, 5.74) is 11.0. The maximum atomic E-state index is 9.18. The molecule has 0 bridgehead atoms. The third-order valence-corrected chi connectivity index (χ3v) is 5.53. The van der Waals surface area contributed by atoms with Crippen molar-refractivity contribution in [3.63, 3.8) is 0 Å². The Bertz CT molecular complexity index is 1300. The maximum absolute atomic E-state index is 9.18. The second-order valence-corrected chi connectivity index (χ2v) is 7.64. The Morgan fingerprint density at radius 1 is 1.03 bits per heavy atom. The van der Waals surface area contributed by atoms with Gasteiger partial charge in [0.25, 0.3) is 0 Å². The Balaban J connectivity index is 1.72. The molecule has 0 radical (unpaired) electrons. The van der Waals surface area contributed by atoms with E-state index in [1.165, 1.54) is 0 Å². The summed E-state index contributed by atoms with van der Waals surface area (Å²) in [6.45, 7) is 4.83. The predicted octanol–water partition coefficient (Wildman–Crippen LogP) is 3.74. The molecule has 152 valence electrons. The highest BCUT2D eigenvalue weighted by Crippen LogP contribution is 2.40. The number of nitrogens with zero attached hydrogens (tertiary/aromatic N) is 7. The van der Waals surface area contributed by atoms with Gasteiger partial charge in [-0.05, 0) is 43.3 Å². The molecule has 8 nitrogen and oxygen atoms in total. The lowest BCUT2D eigenvalue weighted by atomic mass is 10.1. The molecule has 0 saturated heterocycles. The zero-order valence-electron chi connectivity index (χ0n) is 17.2. The van der Waals surface area contributed by atoms with E-state index in [2.05, 4.69) is 54.8 Å². The van der Waals surface area contributed by atoms with E-state index < -0.39 is 0 Å². The van der Waals surface area contributed by atoms with Crippen LogP contribution in [0.3, 0.4) is 0 Å². The van der Waals surface area contributed by atoms with Gasteiger partial charge in [-0.25, -0.2) is 4.98 Å². The van der Waals surface area contributed by atoms with Gasteiger partial charge in [0, 0.05) is 23.7 Å². The monoisotopic (exact) mass is 408 g/mol. The van der Waals surface area contributed by atoms with Crippen molar-refractivity contribution >= 4 is 17.2 Å². The number of fused-ring (bicyclic) bond motifs is 3. The van der Waals surface area contributed by atoms with Crippen LogP contribution >= 0.6 is 0 Å². The molecule has 0 unspecified atom stereocenters. The fourth-order valence-corrected chi connectivity index (χ4v) is 3.98. The number of benzene rings is 2. The molecule has 0 amide bonds. The summed E-state index contributed by atoms with van der Waals surface area (Å²) in [6.07, 6.45) is 3.24. The van der Waals surface area contributed by atoms with Crippen LogP contribution in [0, 0.1) is 18.3 Å². The summed E-state index contributed by atoms with van der Waals surface area (Å²) < 4.78 is 2.11. The number of aromatic nitrogens is 5. The van der Waals surface area contributed by atoms with Crippen molar-refractivity contribution in [1.29, 1.82) is 5.26 Å². The van der Waals surface area contributed by atoms with E-state index in [0.717, 1.165) is 40.0 Å². The van der Waals surface area contributed by atoms with Crippen molar-refractivity contribution < 1.29 is 0 Å². The summed E-state index contributed by atoms with van der Waals surface area (Å²) in [4.78, 5) is 10.9. The van der Waals surface area contributed by atoms with Crippen molar-refractivity contribution in [2.75, 3.05) is 17.2 Å². The number of aryl methyl sites for hydroxylation is 1. The highest BCUT2D eigenvalue weighted by atomic mass is 15.3. The zero-order chi connectivity index (χ0) is 21.5. The molecule has 0 aliphatic carbocycles. The lowest BCUT2D eigenvalue weighted by molar-refractivity contribution is 0.696. The summed E-state index contributed by atoms with van der Waals surface area (Å²) in [5, 5.41) is 18.0. The highest BCUT2D eigenvalue weighted by molar-refractivity contribution is 5.78. The van der Waals surface area contributed by atoms with Crippen molar-refractivity contribution in [2.24, 2.45) is 0 Å². The number of anilines is 3. The van der Waals surface area contributed by atoms with E-state index in [9.17, 15) is 5.26 Å². The van der Waals surface area contributed by atoms with Crippen LogP contribution in [-0.2, 0) is 0 Å². The average Bonchev–Trinajstić information content (AvgIpc) is 3.13. The van der Waals surface area contributed by atoms with Gasteiger partial charge in [0.2, 0.25) is 0 Å². The third kappa shape index (κ3) is 3.16. The number of hydrogen-bond donors (Lipinski definition) is 1. The van der Waals surface area contributed by atoms with Crippen LogP contribution in [0.15, 0.2) is 54.9 Å². The Morgan fingerprint density at radius 2 is 1.84 bits per heavy atom. The molecule has 8 heteroatoms. The molecule has 4 aromatic rings. The van der Waals surface area contributed by atoms with E-state index >= 15 is 0 Å². The fourth-order valence-electron chi connectivity index (χ4n) is 3.98. The Kier molecular flexibility index (Phi) is 4.37. The lowest BCUT2D eigenvalue weighted by Crippen LogP contribution is -2.22. The van der Waals surface area contributed by atoms with Gasteiger partial charge in [-0.1, -0.05) is 13.0 Å². The molecule has 1 aliphatic heterocycles. The second-order valence-electron chi connectivity index (χ2n) is 7.64. The molecule has 0 saturated carbocycles. The first kappa shape index (κ1) is 18.8. The smallest absolute Gasteiger partial charge is 0.142 e. The molecule has 3 heterocycles. The average molecular weight is 408 g/mol. The number of hydrogen-bond acceptors (Lipinski definition) is 7. The lowest BCUT2D eigenvalue weighted by Gasteiger charge is -2.27. The predicted molar refractivity (Wildman–Crippen MR) is 118 cm³/mol. The Labute approximate surface area is 179 Å². The minimum absolute atomic E-state index is 0.143. The van der Waals surface area contributed by atoms with Gasteiger partial charge in [0.15, 0.2) is 0 Å². The van der Waals surface area contributed by atoms with Gasteiger partial charge in [-0.3, -0.25) is 9.55 Å². The molecule has 0 fully saturated rings. The van der Waals surface area contributed by atoms with Crippen LogP contribution in [-0.4, -0.2) is 31.3 Å². The Morgan fingerprint density at radius 3 is 2.55 bits per heavy atom. The van der Waals surface area contributed by atoms with E-state index in [-0.39, 0.29) is 5.92 Å². The van der Waals surface area contributed by atoms with Crippen molar-refractivity contribution in [2.45, 2.75) is 19.8 Å². The van der Waals surface area contributed by atoms with Gasteiger partial charge in [-0.2, -0.15) is 5.26 Å². The number of nitrogen functional groups attached to an aromatic ring is 1. The topological polar surface area (TPSA) is 110 Å². The molecule has 5 rings (SSSR count). The van der Waals surface area contributed by atoms with Crippen LogP contribution in [0.2, 0.25) is 0 Å². The molecule has 2 N–H and O–H groups in total. The van der Waals surface area contributed by atoms with Crippen molar-refractivity contribution in [3.8, 4) is 23.0 Å². The maximum Gasteiger partial charge on any atom is 0.142 e. The second kappa shape index (κ2) is 7.22. The molecule has 1 atom stereocenters. The van der Waals surface area contributed by atoms with Crippen LogP contribution in [0.5, 0.6) is 0 Å². The SMILES string of the molecule is Cc1nnc2n1-c1ccc(-c3cnc(N)cn3)cc1N(c1ccc(C#N)cc1)C[C@H]2C.